The number of Topliss-reactive ketones (excluding diaryl/α,β-unsaturated/α-hetero) is 1. The Morgan fingerprint density at radius 1 is 1.14 bits per heavy atom. The number of halogens is 1. The number of aromatic nitrogens is 4. The maximum absolute atomic E-state index is 14.4. The third-order valence-electron chi connectivity index (χ3n) is 9.00. The van der Waals surface area contributed by atoms with Gasteiger partial charge in [0.2, 0.25) is 5.88 Å². The summed E-state index contributed by atoms with van der Waals surface area (Å²) in [6, 6.07) is 12.4. The van der Waals surface area contributed by atoms with Crippen molar-refractivity contribution in [3.8, 4) is 11.9 Å². The van der Waals surface area contributed by atoms with E-state index in [1.165, 1.54) is 6.07 Å². The molecule has 0 N–H and O–H groups in total. The second kappa shape index (κ2) is 11.5. The number of fused-ring (bicyclic) bond motifs is 1. The van der Waals surface area contributed by atoms with Gasteiger partial charge in [-0.25, -0.2) is 9.37 Å². The predicted octanol–water partition coefficient (Wildman–Crippen LogP) is 5.53. The van der Waals surface area contributed by atoms with Crippen LogP contribution in [0.1, 0.15) is 83.9 Å². The van der Waals surface area contributed by atoms with Crippen LogP contribution in [0, 0.1) is 17.1 Å². The van der Waals surface area contributed by atoms with Gasteiger partial charge in [-0.15, -0.1) is 5.10 Å². The summed E-state index contributed by atoms with van der Waals surface area (Å²) < 4.78 is 30.5. The topological polar surface area (TPSA) is 98.2 Å². The van der Waals surface area contributed by atoms with Gasteiger partial charge in [-0.2, -0.15) is 5.26 Å². The van der Waals surface area contributed by atoms with E-state index in [1.807, 2.05) is 24.3 Å². The second-order valence-corrected chi connectivity index (χ2v) is 12.0. The van der Waals surface area contributed by atoms with Gasteiger partial charge in [0.25, 0.3) is 0 Å². The Bertz CT molecular complexity index is 1710. The summed E-state index contributed by atoms with van der Waals surface area (Å²) in [6.07, 6.45) is 7.50. The van der Waals surface area contributed by atoms with E-state index in [0.717, 1.165) is 87.3 Å². The van der Waals surface area contributed by atoms with Crippen LogP contribution in [0.15, 0.2) is 42.6 Å². The Hall–Kier alpha value is -4.07. The Balaban J connectivity index is 1.03. The SMILES string of the molecule is CC(=O)c1ccc2nc(CN3CCC(n4cc(C5CC5)c(OCc5ccc(C#N)cc5F)n4)CC3)n(C[C@@H]3CCO3)c2c1. The van der Waals surface area contributed by atoms with Crippen molar-refractivity contribution in [1.29, 1.82) is 5.26 Å². The highest BCUT2D eigenvalue weighted by Crippen LogP contribution is 2.45. The van der Waals surface area contributed by atoms with Crippen molar-refractivity contribution in [3.63, 3.8) is 0 Å². The summed E-state index contributed by atoms with van der Waals surface area (Å²) in [5.74, 6) is 1.66. The van der Waals surface area contributed by atoms with Crippen molar-refractivity contribution in [2.24, 2.45) is 0 Å². The summed E-state index contributed by atoms with van der Waals surface area (Å²) >= 11 is 0. The number of nitrogens with zero attached hydrogens (tertiary/aromatic N) is 6. The van der Waals surface area contributed by atoms with Gasteiger partial charge in [-0.1, -0.05) is 6.07 Å². The molecule has 0 bridgehead atoms. The number of hydrogen-bond acceptors (Lipinski definition) is 7. The fraction of sp³-hybridized carbons (Fsp3) is 0.455. The van der Waals surface area contributed by atoms with Crippen molar-refractivity contribution in [3.05, 3.63) is 76.5 Å². The van der Waals surface area contributed by atoms with Crippen molar-refractivity contribution in [2.45, 2.75) is 76.8 Å². The molecule has 1 atom stereocenters. The Morgan fingerprint density at radius 2 is 1.95 bits per heavy atom. The number of benzene rings is 2. The van der Waals surface area contributed by atoms with Crippen LogP contribution in [0.25, 0.3) is 11.0 Å². The fourth-order valence-electron chi connectivity index (χ4n) is 6.13. The quantitative estimate of drug-likeness (QED) is 0.227. The Kier molecular flexibility index (Phi) is 7.45. The van der Waals surface area contributed by atoms with Gasteiger partial charge in [0.1, 0.15) is 18.2 Å². The summed E-state index contributed by atoms with van der Waals surface area (Å²) in [7, 11) is 0. The summed E-state index contributed by atoms with van der Waals surface area (Å²) in [6.45, 7) is 5.78. The molecule has 222 valence electrons. The van der Waals surface area contributed by atoms with Crippen LogP contribution in [-0.4, -0.2) is 55.8 Å². The summed E-state index contributed by atoms with van der Waals surface area (Å²) in [5, 5.41) is 13.8. The highest BCUT2D eigenvalue weighted by molar-refractivity contribution is 5.97. The summed E-state index contributed by atoms with van der Waals surface area (Å²) in [4.78, 5) is 19.5. The molecule has 9 nitrogen and oxygen atoms in total. The maximum Gasteiger partial charge on any atom is 0.236 e. The number of likely N-dealkylation sites (tertiary alicyclic amines) is 1. The van der Waals surface area contributed by atoms with Crippen LogP contribution in [0.3, 0.4) is 0 Å². The molecule has 0 spiro atoms. The van der Waals surface area contributed by atoms with E-state index in [1.54, 1.807) is 19.1 Å². The molecule has 1 saturated carbocycles. The van der Waals surface area contributed by atoms with E-state index in [0.29, 0.717) is 28.5 Å². The van der Waals surface area contributed by atoms with Gasteiger partial charge in [-0.05, 0) is 75.3 Å². The molecule has 4 aromatic rings. The number of hydrogen-bond donors (Lipinski definition) is 0. The molecule has 4 heterocycles. The van der Waals surface area contributed by atoms with Gasteiger partial charge in [0.15, 0.2) is 5.78 Å². The zero-order chi connectivity index (χ0) is 29.5. The smallest absolute Gasteiger partial charge is 0.236 e. The largest absolute Gasteiger partial charge is 0.471 e. The average molecular weight is 583 g/mol. The maximum atomic E-state index is 14.4. The highest BCUT2D eigenvalue weighted by Gasteiger charge is 2.32. The van der Waals surface area contributed by atoms with E-state index in [-0.39, 0.29) is 24.5 Å². The van der Waals surface area contributed by atoms with Gasteiger partial charge in [0.05, 0.1) is 47.9 Å². The molecule has 7 rings (SSSR count). The molecule has 3 aliphatic rings. The lowest BCUT2D eigenvalue weighted by Gasteiger charge is -2.32. The number of nitriles is 1. The molecule has 0 amide bonds. The lowest BCUT2D eigenvalue weighted by molar-refractivity contribution is -0.0592. The van der Waals surface area contributed by atoms with Crippen molar-refractivity contribution in [2.75, 3.05) is 19.7 Å². The number of ether oxygens (including phenoxy) is 2. The first-order chi connectivity index (χ1) is 20.9. The third-order valence-corrected chi connectivity index (χ3v) is 9.00. The normalized spacial score (nSPS) is 19.3. The molecule has 2 saturated heterocycles. The molecule has 2 aromatic carbocycles. The molecule has 10 heteroatoms. The van der Waals surface area contributed by atoms with Crippen LogP contribution in [0.5, 0.6) is 5.88 Å². The molecule has 3 fully saturated rings. The average Bonchev–Trinajstić information content (AvgIpc) is 3.66. The van der Waals surface area contributed by atoms with E-state index in [2.05, 4.69) is 20.3 Å². The van der Waals surface area contributed by atoms with E-state index < -0.39 is 5.82 Å². The van der Waals surface area contributed by atoms with Crippen LogP contribution in [-0.2, 0) is 24.4 Å². The van der Waals surface area contributed by atoms with Gasteiger partial charge < -0.3 is 14.0 Å². The third kappa shape index (κ3) is 5.79. The number of ketones is 1. The molecule has 0 radical (unpaired) electrons. The molecule has 1 aliphatic carbocycles. The minimum atomic E-state index is -0.438. The van der Waals surface area contributed by atoms with Crippen molar-refractivity contribution >= 4 is 16.8 Å². The zero-order valence-corrected chi connectivity index (χ0v) is 24.3. The highest BCUT2D eigenvalue weighted by atomic mass is 19.1. The number of carbonyl (C=O) groups excluding carboxylic acids is 1. The van der Waals surface area contributed by atoms with Crippen LogP contribution < -0.4 is 4.74 Å². The second-order valence-electron chi connectivity index (χ2n) is 12.0. The monoisotopic (exact) mass is 582 g/mol. The van der Waals surface area contributed by atoms with Crippen LogP contribution in [0.4, 0.5) is 4.39 Å². The van der Waals surface area contributed by atoms with Gasteiger partial charge in [-0.3, -0.25) is 14.4 Å². The lowest BCUT2D eigenvalue weighted by atomic mass is 10.1. The van der Waals surface area contributed by atoms with Crippen LogP contribution in [0.2, 0.25) is 0 Å². The van der Waals surface area contributed by atoms with Crippen LogP contribution >= 0.6 is 0 Å². The Morgan fingerprint density at radius 3 is 2.63 bits per heavy atom. The molecule has 2 aliphatic heterocycles. The summed E-state index contributed by atoms with van der Waals surface area (Å²) in [5.41, 5.74) is 4.41. The fourth-order valence-corrected chi connectivity index (χ4v) is 6.13. The van der Waals surface area contributed by atoms with E-state index >= 15 is 0 Å². The first kappa shape index (κ1) is 27.7. The minimum absolute atomic E-state index is 0.0524. The molecule has 0 unspecified atom stereocenters. The van der Waals surface area contributed by atoms with Gasteiger partial charge >= 0.3 is 0 Å². The molecule has 43 heavy (non-hydrogen) atoms. The number of carbonyl (C=O) groups is 1. The van der Waals surface area contributed by atoms with E-state index in [4.69, 9.17) is 24.8 Å². The molecular formula is C33H35FN6O3. The predicted molar refractivity (Wildman–Crippen MR) is 157 cm³/mol. The van der Waals surface area contributed by atoms with Crippen molar-refractivity contribution in [1.82, 2.24) is 24.2 Å². The lowest BCUT2D eigenvalue weighted by Crippen LogP contribution is -2.36. The molecule has 2 aromatic heterocycles. The number of piperidine rings is 1. The van der Waals surface area contributed by atoms with Gasteiger partial charge in [0, 0.05) is 42.6 Å². The van der Waals surface area contributed by atoms with Crippen molar-refractivity contribution < 1.29 is 18.7 Å². The number of rotatable bonds is 10. The minimum Gasteiger partial charge on any atom is -0.471 e. The van der Waals surface area contributed by atoms with E-state index in [9.17, 15) is 9.18 Å². The zero-order valence-electron chi connectivity index (χ0n) is 24.3. The Labute approximate surface area is 249 Å². The number of imidazole rings is 1. The molecular weight excluding hydrogens is 547 g/mol. The standard InChI is InChI=1S/C33H35FN6O3/c1-21(41)24-6-7-30-31(15-24)39(17-27-10-13-42-27)32(36-30)19-38-11-8-26(9-12-38)40-18-28(23-4-5-23)33(37-40)43-20-25-3-2-22(16-35)14-29(25)34/h2-3,6-7,14-15,18,23,26-27H,4-5,8-13,17,19-20H2,1H3/t27-/m0/s1. The first-order valence-corrected chi connectivity index (χ1v) is 15.2. The first-order valence-electron chi connectivity index (χ1n) is 15.2.